The minimum atomic E-state index is 0.382. The van der Waals surface area contributed by atoms with Crippen molar-refractivity contribution in [3.05, 3.63) is 35.4 Å². The summed E-state index contributed by atoms with van der Waals surface area (Å²) in [6.07, 6.45) is 3.44. The predicted molar refractivity (Wildman–Crippen MR) is 59.3 cm³/mol. The van der Waals surface area contributed by atoms with Crippen LogP contribution in [0.5, 0.6) is 0 Å². The number of halogens is 1. The van der Waals surface area contributed by atoms with E-state index in [1.165, 1.54) is 0 Å². The Bertz CT molecular complexity index is 464. The van der Waals surface area contributed by atoms with Crippen LogP contribution in [0.2, 0.25) is 5.15 Å². The van der Waals surface area contributed by atoms with E-state index in [1.54, 1.807) is 12.4 Å². The minimum Gasteiger partial charge on any atom is -0.329 e. The van der Waals surface area contributed by atoms with Gasteiger partial charge in [-0.05, 0) is 12.1 Å². The second-order valence-corrected chi connectivity index (χ2v) is 3.53. The van der Waals surface area contributed by atoms with Crippen molar-refractivity contribution in [1.82, 2.24) is 14.5 Å². The third-order valence-corrected chi connectivity index (χ3v) is 2.60. The lowest BCUT2D eigenvalue weighted by Gasteiger charge is -2.03. The second-order valence-electron chi connectivity index (χ2n) is 3.17. The van der Waals surface area contributed by atoms with Crippen LogP contribution in [0.15, 0.2) is 24.5 Å². The fourth-order valence-corrected chi connectivity index (χ4v) is 1.76. The molecule has 0 saturated heterocycles. The van der Waals surface area contributed by atoms with Gasteiger partial charge in [0, 0.05) is 31.5 Å². The van der Waals surface area contributed by atoms with Crippen molar-refractivity contribution < 1.29 is 0 Å². The molecule has 0 amide bonds. The van der Waals surface area contributed by atoms with Gasteiger partial charge in [-0.25, -0.2) is 4.98 Å². The summed E-state index contributed by atoms with van der Waals surface area (Å²) in [5, 5.41) is 0.465. The minimum absolute atomic E-state index is 0.382. The third kappa shape index (κ3) is 1.73. The number of rotatable bonds is 2. The Kier molecular flexibility index (Phi) is 2.70. The summed E-state index contributed by atoms with van der Waals surface area (Å²) in [6, 6.07) is 3.78. The maximum Gasteiger partial charge on any atom is 0.152 e. The lowest BCUT2D eigenvalue weighted by Crippen LogP contribution is -2.04. The van der Waals surface area contributed by atoms with E-state index in [0.29, 0.717) is 11.7 Å². The van der Waals surface area contributed by atoms with Crippen molar-refractivity contribution in [3.8, 4) is 11.4 Å². The highest BCUT2D eigenvalue weighted by atomic mass is 35.5. The largest absolute Gasteiger partial charge is 0.329 e. The highest BCUT2D eigenvalue weighted by Crippen LogP contribution is 2.23. The molecule has 4 nitrogen and oxygen atoms in total. The van der Waals surface area contributed by atoms with E-state index in [1.807, 2.05) is 23.7 Å². The molecule has 15 heavy (non-hydrogen) atoms. The SMILES string of the molecule is Cn1c(-c2ccncc2)nc(Cl)c1CN. The molecule has 0 fully saturated rings. The Morgan fingerprint density at radius 1 is 1.40 bits per heavy atom. The van der Waals surface area contributed by atoms with E-state index < -0.39 is 0 Å². The first-order valence-corrected chi connectivity index (χ1v) is 4.93. The normalized spacial score (nSPS) is 10.6. The number of nitrogens with zero attached hydrogens (tertiary/aromatic N) is 3. The van der Waals surface area contributed by atoms with Crippen molar-refractivity contribution in [1.29, 1.82) is 0 Å². The van der Waals surface area contributed by atoms with Gasteiger partial charge in [0.1, 0.15) is 5.82 Å². The van der Waals surface area contributed by atoms with Crippen LogP contribution in [0, 0.1) is 0 Å². The number of nitrogens with two attached hydrogens (primary N) is 1. The average molecular weight is 223 g/mol. The van der Waals surface area contributed by atoms with Crippen molar-refractivity contribution >= 4 is 11.6 Å². The molecule has 0 atom stereocenters. The first-order chi connectivity index (χ1) is 7.24. The monoisotopic (exact) mass is 222 g/mol. The van der Waals surface area contributed by atoms with Gasteiger partial charge in [-0.3, -0.25) is 4.98 Å². The van der Waals surface area contributed by atoms with E-state index in [-0.39, 0.29) is 0 Å². The molecule has 0 bridgehead atoms. The molecule has 0 saturated carbocycles. The summed E-state index contributed by atoms with van der Waals surface area (Å²) >= 11 is 5.97. The van der Waals surface area contributed by atoms with Gasteiger partial charge in [0.15, 0.2) is 5.15 Å². The first kappa shape index (κ1) is 10.1. The summed E-state index contributed by atoms with van der Waals surface area (Å²) in [4.78, 5) is 8.23. The van der Waals surface area contributed by atoms with E-state index >= 15 is 0 Å². The van der Waals surface area contributed by atoms with Crippen LogP contribution in [-0.4, -0.2) is 14.5 Å². The molecule has 0 aliphatic carbocycles. The number of hydrogen-bond acceptors (Lipinski definition) is 3. The van der Waals surface area contributed by atoms with E-state index in [9.17, 15) is 0 Å². The molecule has 0 radical (unpaired) electrons. The molecular weight excluding hydrogens is 212 g/mol. The van der Waals surface area contributed by atoms with Gasteiger partial charge in [-0.1, -0.05) is 11.6 Å². The second kappa shape index (κ2) is 4.00. The van der Waals surface area contributed by atoms with Gasteiger partial charge >= 0.3 is 0 Å². The van der Waals surface area contributed by atoms with Crippen LogP contribution in [-0.2, 0) is 13.6 Å². The van der Waals surface area contributed by atoms with E-state index in [2.05, 4.69) is 9.97 Å². The van der Waals surface area contributed by atoms with Crippen LogP contribution in [0.3, 0.4) is 0 Å². The molecule has 5 heteroatoms. The summed E-state index contributed by atoms with van der Waals surface area (Å²) in [5.41, 5.74) is 7.40. The smallest absolute Gasteiger partial charge is 0.152 e. The zero-order valence-corrected chi connectivity index (χ0v) is 9.07. The van der Waals surface area contributed by atoms with Crippen molar-refractivity contribution in [2.75, 3.05) is 0 Å². The Hall–Kier alpha value is -1.39. The zero-order valence-electron chi connectivity index (χ0n) is 8.31. The quantitative estimate of drug-likeness (QED) is 0.840. The summed E-state index contributed by atoms with van der Waals surface area (Å²) in [7, 11) is 1.90. The fraction of sp³-hybridized carbons (Fsp3) is 0.200. The number of hydrogen-bond donors (Lipinski definition) is 1. The third-order valence-electron chi connectivity index (χ3n) is 2.30. The lowest BCUT2D eigenvalue weighted by molar-refractivity contribution is 0.828. The van der Waals surface area contributed by atoms with Crippen molar-refractivity contribution in [2.45, 2.75) is 6.54 Å². The van der Waals surface area contributed by atoms with Crippen molar-refractivity contribution in [2.24, 2.45) is 12.8 Å². The van der Waals surface area contributed by atoms with Crippen LogP contribution in [0.1, 0.15) is 5.69 Å². The van der Waals surface area contributed by atoms with Crippen LogP contribution >= 0.6 is 11.6 Å². The predicted octanol–water partition coefficient (Wildman–Crippen LogP) is 1.59. The Morgan fingerprint density at radius 3 is 2.60 bits per heavy atom. The molecule has 78 valence electrons. The maximum absolute atomic E-state index is 5.97. The Labute approximate surface area is 92.7 Å². The van der Waals surface area contributed by atoms with Gasteiger partial charge in [0.25, 0.3) is 0 Å². The molecule has 0 aromatic carbocycles. The summed E-state index contributed by atoms with van der Waals surface area (Å²) in [6.45, 7) is 0.382. The van der Waals surface area contributed by atoms with Crippen LogP contribution in [0.25, 0.3) is 11.4 Å². The van der Waals surface area contributed by atoms with E-state index in [4.69, 9.17) is 17.3 Å². The number of pyridine rings is 1. The fourth-order valence-electron chi connectivity index (χ4n) is 1.48. The Balaban J connectivity index is 2.55. The summed E-state index contributed by atoms with van der Waals surface area (Å²) < 4.78 is 1.90. The van der Waals surface area contributed by atoms with Crippen LogP contribution < -0.4 is 5.73 Å². The molecule has 0 aliphatic rings. The molecule has 2 aromatic heterocycles. The topological polar surface area (TPSA) is 56.7 Å². The zero-order chi connectivity index (χ0) is 10.8. The van der Waals surface area contributed by atoms with Gasteiger partial charge < -0.3 is 10.3 Å². The van der Waals surface area contributed by atoms with Crippen molar-refractivity contribution in [3.63, 3.8) is 0 Å². The van der Waals surface area contributed by atoms with E-state index in [0.717, 1.165) is 17.1 Å². The lowest BCUT2D eigenvalue weighted by atomic mass is 10.2. The first-order valence-electron chi connectivity index (χ1n) is 4.55. The molecule has 0 aliphatic heterocycles. The molecule has 2 rings (SSSR count). The highest BCUT2D eigenvalue weighted by Gasteiger charge is 2.12. The van der Waals surface area contributed by atoms with Gasteiger partial charge in [0.2, 0.25) is 0 Å². The van der Waals surface area contributed by atoms with Gasteiger partial charge in [-0.15, -0.1) is 0 Å². The summed E-state index contributed by atoms with van der Waals surface area (Å²) in [5.74, 6) is 0.808. The molecule has 2 N–H and O–H groups in total. The molecule has 0 spiro atoms. The molecular formula is C10H11ClN4. The highest BCUT2D eigenvalue weighted by molar-refractivity contribution is 6.30. The number of imidazole rings is 1. The van der Waals surface area contributed by atoms with Gasteiger partial charge in [-0.2, -0.15) is 0 Å². The number of aromatic nitrogens is 3. The van der Waals surface area contributed by atoms with Gasteiger partial charge in [0.05, 0.1) is 5.69 Å². The van der Waals surface area contributed by atoms with Crippen LogP contribution in [0.4, 0.5) is 0 Å². The molecule has 2 heterocycles. The Morgan fingerprint density at radius 2 is 2.07 bits per heavy atom. The molecule has 0 unspecified atom stereocenters. The molecule has 2 aromatic rings. The average Bonchev–Trinajstić information content (AvgIpc) is 2.55. The standard InChI is InChI=1S/C10H11ClN4/c1-15-8(6-12)9(11)14-10(15)7-2-4-13-5-3-7/h2-5H,6,12H2,1H3. The maximum atomic E-state index is 5.97.